The first-order valence-corrected chi connectivity index (χ1v) is 5.33. The van der Waals surface area contributed by atoms with Crippen LogP contribution in [0.4, 0.5) is 0 Å². The van der Waals surface area contributed by atoms with Crippen molar-refractivity contribution in [3.63, 3.8) is 0 Å². The van der Waals surface area contributed by atoms with Crippen molar-refractivity contribution < 1.29 is 0 Å². The molecular formula is C9H17Cl2N. The Kier molecular flexibility index (Phi) is 21.0. The van der Waals surface area contributed by atoms with Crippen molar-refractivity contribution in [2.75, 3.05) is 5.34 Å². The normalized spacial score (nSPS) is 14.2. The second kappa shape index (κ2) is 17.2. The van der Waals surface area contributed by atoms with Gasteiger partial charge in [0.25, 0.3) is 0 Å². The summed E-state index contributed by atoms with van der Waals surface area (Å²) in [6, 6.07) is 1.75. The van der Waals surface area contributed by atoms with E-state index in [1.807, 2.05) is 0 Å². The summed E-state index contributed by atoms with van der Waals surface area (Å²) < 4.78 is 0. The Hall–Kier alpha value is 0.0700. The van der Waals surface area contributed by atoms with E-state index in [0.717, 1.165) is 0 Å². The minimum absolute atomic E-state index is 0.194. The van der Waals surface area contributed by atoms with E-state index in [-0.39, 0.29) is 5.34 Å². The van der Waals surface area contributed by atoms with Gasteiger partial charge in [0, 0.05) is 6.92 Å². The minimum Gasteiger partial charge on any atom is -0.199 e. The molecule has 1 fully saturated rings. The van der Waals surface area contributed by atoms with E-state index in [1.54, 1.807) is 6.07 Å². The monoisotopic (exact) mass is 209 g/mol. The second-order valence-corrected chi connectivity index (χ2v) is 3.25. The summed E-state index contributed by atoms with van der Waals surface area (Å²) in [5.41, 5.74) is 0. The highest BCUT2D eigenvalue weighted by Crippen LogP contribution is 2.15. The predicted octanol–water partition coefficient (Wildman–Crippen LogP) is 4.29. The molecule has 1 aliphatic rings. The molecule has 0 aromatic rings. The summed E-state index contributed by atoms with van der Waals surface area (Å²) in [4.78, 5) is 0. The van der Waals surface area contributed by atoms with Gasteiger partial charge in [-0.05, 0) is 0 Å². The Morgan fingerprint density at radius 3 is 1.17 bits per heavy atom. The van der Waals surface area contributed by atoms with Crippen LogP contribution in [0.5, 0.6) is 0 Å². The summed E-state index contributed by atoms with van der Waals surface area (Å²) >= 11 is 9.53. The van der Waals surface area contributed by atoms with Crippen molar-refractivity contribution in [3.05, 3.63) is 0 Å². The quantitative estimate of drug-likeness (QED) is 0.547. The van der Waals surface area contributed by atoms with Crippen molar-refractivity contribution >= 4 is 23.2 Å². The molecule has 0 bridgehead atoms. The van der Waals surface area contributed by atoms with Gasteiger partial charge in [-0.2, -0.15) is 5.26 Å². The lowest BCUT2D eigenvalue weighted by Gasteiger charge is -2.05. The minimum atomic E-state index is 0.194. The number of hydrogen-bond acceptors (Lipinski definition) is 1. The van der Waals surface area contributed by atoms with Gasteiger partial charge < -0.3 is 0 Å². The lowest BCUT2D eigenvalue weighted by atomic mass is 10.0. The van der Waals surface area contributed by atoms with Crippen molar-refractivity contribution in [3.8, 4) is 6.07 Å². The molecule has 1 saturated carbocycles. The molecule has 0 aromatic heterocycles. The highest BCUT2D eigenvalue weighted by Gasteiger charge is 1.95. The van der Waals surface area contributed by atoms with Gasteiger partial charge in [0.2, 0.25) is 0 Å². The fourth-order valence-corrected chi connectivity index (χ4v) is 1.06. The van der Waals surface area contributed by atoms with Crippen molar-refractivity contribution in [2.45, 2.75) is 45.4 Å². The molecule has 0 saturated heterocycles. The first-order valence-electron chi connectivity index (χ1n) is 4.26. The van der Waals surface area contributed by atoms with Crippen LogP contribution in [0.15, 0.2) is 0 Å². The molecule has 0 amide bonds. The molecule has 1 rings (SSSR count). The Morgan fingerprint density at radius 1 is 1.00 bits per heavy atom. The first kappa shape index (κ1) is 14.6. The number of nitrogens with zero attached hydrogens (tertiary/aromatic N) is 1. The van der Waals surface area contributed by atoms with Crippen molar-refractivity contribution in [2.24, 2.45) is 0 Å². The van der Waals surface area contributed by atoms with Gasteiger partial charge in [-0.1, -0.05) is 38.5 Å². The van der Waals surface area contributed by atoms with E-state index in [2.05, 4.69) is 0 Å². The van der Waals surface area contributed by atoms with Crippen LogP contribution in [-0.4, -0.2) is 5.34 Å². The molecule has 0 atom stereocenters. The highest BCUT2D eigenvalue weighted by atomic mass is 35.5. The fourth-order valence-electron chi connectivity index (χ4n) is 1.06. The number of alkyl halides is 2. The summed E-state index contributed by atoms with van der Waals surface area (Å²) in [6.45, 7) is 1.43. The molecule has 0 aliphatic heterocycles. The number of halogens is 2. The molecule has 1 aliphatic carbocycles. The summed E-state index contributed by atoms with van der Waals surface area (Å²) in [7, 11) is 0. The van der Waals surface area contributed by atoms with Crippen LogP contribution >= 0.6 is 23.2 Å². The van der Waals surface area contributed by atoms with Crippen LogP contribution in [0.2, 0.25) is 0 Å². The maximum Gasteiger partial charge on any atom is 0.0967 e. The van der Waals surface area contributed by atoms with Crippen LogP contribution in [0.3, 0.4) is 0 Å². The highest BCUT2D eigenvalue weighted by molar-refractivity contribution is 6.40. The fraction of sp³-hybridized carbons (Fsp3) is 0.889. The van der Waals surface area contributed by atoms with E-state index in [4.69, 9.17) is 28.5 Å². The summed E-state index contributed by atoms with van der Waals surface area (Å²) in [5.74, 6) is 0. The van der Waals surface area contributed by atoms with E-state index in [0.29, 0.717) is 0 Å². The zero-order valence-electron chi connectivity index (χ0n) is 7.65. The molecule has 0 aromatic carbocycles. The molecule has 3 heteroatoms. The van der Waals surface area contributed by atoms with Gasteiger partial charge in [-0.25, -0.2) is 0 Å². The molecule has 72 valence electrons. The standard InChI is InChI=1S/C6H12.C2H3N.CH2Cl2/c1-2-4-6-5-3-1;1-2-3;2-1-3/h1-6H2;1H3;1H2. The van der Waals surface area contributed by atoms with E-state index in [9.17, 15) is 0 Å². The smallest absolute Gasteiger partial charge is 0.0967 e. The third kappa shape index (κ3) is 22.5. The molecule has 1 nitrogen and oxygen atoms in total. The summed E-state index contributed by atoms with van der Waals surface area (Å²) in [5, 5.41) is 7.51. The SMILES string of the molecule is C1CCCCC1.CC#N.ClCCl. The van der Waals surface area contributed by atoms with Gasteiger partial charge in [-0.3, -0.25) is 0 Å². The lowest BCUT2D eigenvalue weighted by Crippen LogP contribution is -1.85. The number of rotatable bonds is 0. The summed E-state index contributed by atoms with van der Waals surface area (Å²) in [6.07, 6.45) is 9.00. The first-order chi connectivity index (χ1) is 5.83. The largest absolute Gasteiger partial charge is 0.199 e. The van der Waals surface area contributed by atoms with E-state index < -0.39 is 0 Å². The van der Waals surface area contributed by atoms with Crippen molar-refractivity contribution in [1.82, 2.24) is 0 Å². The molecule has 0 spiro atoms. The van der Waals surface area contributed by atoms with Gasteiger partial charge in [0.1, 0.15) is 0 Å². The number of nitriles is 1. The lowest BCUT2D eigenvalue weighted by molar-refractivity contribution is 0.504. The Morgan fingerprint density at radius 2 is 1.08 bits per heavy atom. The molecule has 0 radical (unpaired) electrons. The molecule has 0 unspecified atom stereocenters. The van der Waals surface area contributed by atoms with Crippen LogP contribution in [0, 0.1) is 11.3 Å². The maximum absolute atomic E-state index is 7.32. The second-order valence-electron chi connectivity index (χ2n) is 2.45. The van der Waals surface area contributed by atoms with Crippen LogP contribution < -0.4 is 0 Å². The van der Waals surface area contributed by atoms with E-state index >= 15 is 0 Å². The Labute approximate surface area is 85.7 Å². The van der Waals surface area contributed by atoms with Gasteiger partial charge in [-0.15, -0.1) is 23.2 Å². The van der Waals surface area contributed by atoms with Crippen LogP contribution in [0.1, 0.15) is 45.4 Å². The average molecular weight is 210 g/mol. The van der Waals surface area contributed by atoms with E-state index in [1.165, 1.54) is 45.4 Å². The molecule has 0 heterocycles. The van der Waals surface area contributed by atoms with Crippen LogP contribution in [-0.2, 0) is 0 Å². The zero-order chi connectivity index (χ0) is 9.66. The maximum atomic E-state index is 7.32. The van der Waals surface area contributed by atoms with Gasteiger partial charge >= 0.3 is 0 Å². The Balaban J connectivity index is 0. The zero-order valence-corrected chi connectivity index (χ0v) is 9.16. The Bertz CT molecular complexity index is 83.7. The molecule has 12 heavy (non-hydrogen) atoms. The third-order valence-electron chi connectivity index (χ3n) is 1.50. The predicted molar refractivity (Wildman–Crippen MR) is 55.6 cm³/mol. The number of hydrogen-bond donors (Lipinski definition) is 0. The van der Waals surface area contributed by atoms with Gasteiger partial charge in [0.15, 0.2) is 0 Å². The molecule has 0 N–H and O–H groups in total. The van der Waals surface area contributed by atoms with Crippen LogP contribution in [0.25, 0.3) is 0 Å². The van der Waals surface area contributed by atoms with Crippen molar-refractivity contribution in [1.29, 1.82) is 5.26 Å². The third-order valence-corrected chi connectivity index (χ3v) is 1.50. The van der Waals surface area contributed by atoms with Gasteiger partial charge in [0.05, 0.1) is 11.4 Å². The average Bonchev–Trinajstić information content (AvgIpc) is 2.10. The topological polar surface area (TPSA) is 23.8 Å². The molecular weight excluding hydrogens is 193 g/mol.